The Morgan fingerprint density at radius 2 is 1.64 bits per heavy atom. The minimum absolute atomic E-state index is 0.0294. The normalized spacial score (nSPS) is 49.0. The second-order valence-corrected chi connectivity index (χ2v) is 20.0. The molecule has 0 radical (unpaired) electrons. The molecule has 5 saturated carbocycles. The van der Waals surface area contributed by atoms with Gasteiger partial charge in [0.05, 0.1) is 43.2 Å². The van der Waals surface area contributed by atoms with Crippen LogP contribution < -0.4 is 0 Å². The minimum Gasteiger partial charge on any atom is -0.480 e. The molecular weight excluding hydrogens is 638 g/mol. The van der Waals surface area contributed by atoms with Crippen LogP contribution in [-0.4, -0.2) is 99.8 Å². The summed E-state index contributed by atoms with van der Waals surface area (Å²) < 4.78 is 25.4. The zero-order valence-electron chi connectivity index (χ0n) is 32.3. The van der Waals surface area contributed by atoms with Crippen molar-refractivity contribution in [2.24, 2.45) is 50.7 Å². The number of morpholine rings is 1. The molecule has 0 aromatic rings. The summed E-state index contributed by atoms with van der Waals surface area (Å²) in [4.78, 5) is 26.1. The molecule has 4 unspecified atom stereocenters. The first-order chi connectivity index (χ1) is 23.1. The maximum absolute atomic E-state index is 12.6. The van der Waals surface area contributed by atoms with Crippen molar-refractivity contribution in [2.45, 2.75) is 169 Å². The maximum Gasteiger partial charge on any atom is 0.323 e. The van der Waals surface area contributed by atoms with Crippen LogP contribution in [0.4, 0.5) is 0 Å². The van der Waals surface area contributed by atoms with E-state index in [4.69, 9.17) is 18.9 Å². The van der Waals surface area contributed by atoms with E-state index in [0.717, 1.165) is 32.1 Å². The predicted octanol–water partition coefficient (Wildman–Crippen LogP) is 5.41. The van der Waals surface area contributed by atoms with Gasteiger partial charge in [-0.1, -0.05) is 34.6 Å². The third-order valence-corrected chi connectivity index (χ3v) is 16.8. The van der Waals surface area contributed by atoms with E-state index >= 15 is 0 Å². The molecule has 0 amide bonds. The number of ether oxygens (including phenoxy) is 4. The Bertz CT molecular complexity index is 1380. The smallest absolute Gasteiger partial charge is 0.323 e. The molecule has 0 aromatic carbocycles. The molecule has 2 aliphatic heterocycles. The summed E-state index contributed by atoms with van der Waals surface area (Å²) in [6.45, 7) is 21.6. The van der Waals surface area contributed by atoms with E-state index in [2.05, 4.69) is 34.6 Å². The Kier molecular flexibility index (Phi) is 8.59. The summed E-state index contributed by atoms with van der Waals surface area (Å²) in [6, 6.07) is 0. The number of aliphatic carboxylic acids is 1. The highest BCUT2D eigenvalue weighted by atomic mass is 16.7. The molecule has 2 saturated heterocycles. The van der Waals surface area contributed by atoms with Crippen LogP contribution >= 0.6 is 0 Å². The van der Waals surface area contributed by atoms with Crippen molar-refractivity contribution >= 4 is 11.9 Å². The summed E-state index contributed by atoms with van der Waals surface area (Å²) in [5.74, 6) is 0.0461. The third kappa shape index (κ3) is 4.93. The van der Waals surface area contributed by atoms with Gasteiger partial charge < -0.3 is 34.3 Å². The molecule has 10 nitrogen and oxygen atoms in total. The fraction of sp³-hybridized carbons (Fsp3) is 0.950. The fourth-order valence-corrected chi connectivity index (χ4v) is 14.1. The van der Waals surface area contributed by atoms with E-state index in [-0.39, 0.29) is 51.1 Å². The first kappa shape index (κ1) is 37.0. The van der Waals surface area contributed by atoms with Gasteiger partial charge in [0.2, 0.25) is 0 Å². The predicted molar refractivity (Wildman–Crippen MR) is 186 cm³/mol. The minimum atomic E-state index is -1.28. The van der Waals surface area contributed by atoms with Crippen LogP contribution in [0.1, 0.15) is 121 Å². The summed E-state index contributed by atoms with van der Waals surface area (Å²) in [5.41, 5.74) is -2.31. The average Bonchev–Trinajstić information content (AvgIpc) is 3.65. The molecule has 5 aliphatic carbocycles. The molecule has 7 rings (SSSR count). The molecule has 0 bridgehead atoms. The van der Waals surface area contributed by atoms with Crippen molar-refractivity contribution in [3.63, 3.8) is 0 Å². The van der Waals surface area contributed by atoms with Gasteiger partial charge >= 0.3 is 11.9 Å². The van der Waals surface area contributed by atoms with Gasteiger partial charge in [0.15, 0.2) is 12.4 Å². The monoisotopic (exact) mass is 703 g/mol. The van der Waals surface area contributed by atoms with Crippen molar-refractivity contribution in [2.75, 3.05) is 19.7 Å². The highest BCUT2D eigenvalue weighted by molar-refractivity contribution is 5.77. The molecule has 2 heterocycles. The van der Waals surface area contributed by atoms with Gasteiger partial charge in [-0.15, -0.1) is 0 Å². The summed E-state index contributed by atoms with van der Waals surface area (Å²) >= 11 is 0. The van der Waals surface area contributed by atoms with Crippen LogP contribution in [0.25, 0.3) is 0 Å². The second kappa shape index (κ2) is 11.6. The molecule has 3 N–H and O–H groups in total. The first-order valence-electron chi connectivity index (χ1n) is 19.6. The summed E-state index contributed by atoms with van der Waals surface area (Å²) in [7, 11) is 0. The van der Waals surface area contributed by atoms with Gasteiger partial charge in [-0.05, 0) is 124 Å². The van der Waals surface area contributed by atoms with Gasteiger partial charge in [0, 0.05) is 18.9 Å². The molecule has 2 spiro atoms. The number of carboxylic acids is 1. The number of rotatable bonds is 7. The van der Waals surface area contributed by atoms with Crippen molar-refractivity contribution in [1.29, 1.82) is 0 Å². The lowest BCUT2D eigenvalue weighted by atomic mass is 9.41. The Hall–Kier alpha value is -1.30. The fourth-order valence-electron chi connectivity index (χ4n) is 14.1. The lowest BCUT2D eigenvalue weighted by molar-refractivity contribution is -0.254. The van der Waals surface area contributed by atoms with Crippen LogP contribution in [0.3, 0.4) is 0 Å². The van der Waals surface area contributed by atoms with Crippen LogP contribution in [0.5, 0.6) is 0 Å². The number of aliphatic hydroxyl groups is 2. The van der Waals surface area contributed by atoms with Gasteiger partial charge in [0.25, 0.3) is 0 Å². The van der Waals surface area contributed by atoms with Crippen LogP contribution in [0.15, 0.2) is 0 Å². The largest absolute Gasteiger partial charge is 0.480 e. The van der Waals surface area contributed by atoms with Crippen molar-refractivity contribution < 1.29 is 43.9 Å². The second-order valence-electron chi connectivity index (χ2n) is 20.0. The topological polar surface area (TPSA) is 135 Å². The van der Waals surface area contributed by atoms with E-state index in [1.54, 1.807) is 27.7 Å². The van der Waals surface area contributed by atoms with Gasteiger partial charge in [-0.3, -0.25) is 14.5 Å². The van der Waals surface area contributed by atoms with Gasteiger partial charge in [-0.2, -0.15) is 0 Å². The number of fused-ring (bicyclic) bond motifs is 4. The summed E-state index contributed by atoms with van der Waals surface area (Å²) in [5, 5.41) is 33.5. The third-order valence-electron chi connectivity index (χ3n) is 16.8. The van der Waals surface area contributed by atoms with E-state index in [1.165, 1.54) is 19.8 Å². The number of hydrogen-bond donors (Lipinski definition) is 3. The Morgan fingerprint density at radius 1 is 0.980 bits per heavy atom. The molecule has 7 fully saturated rings. The standard InChI is InChI=1S/C40H65NO9/c1-22-19-24(32(36(7,8)46)48-23(2)42)49-30-29(22)37(9)15-16-40-21-39(40)14-13-27(50-28-20-41(17-18-47-28)35(5,6)33(44)45)34(3,4)25(39)11-12-26(40)38(37,10)31(30)43/h22,24-32,43,46H,11-21H2,1-10H3,(H,44,45)/t22-,24?,25+,26?,27?,28+,29+,30?,31+,32+,37-,38-,39-,40+/m1/s1. The van der Waals surface area contributed by atoms with E-state index in [0.29, 0.717) is 38.0 Å². The number of esters is 1. The Balaban J connectivity index is 1.11. The molecule has 7 aliphatic rings. The molecule has 284 valence electrons. The number of hydrogen-bond acceptors (Lipinski definition) is 9. The number of carbonyl (C=O) groups excluding carboxylic acids is 1. The first-order valence-corrected chi connectivity index (χ1v) is 19.6. The maximum atomic E-state index is 12.6. The quantitative estimate of drug-likeness (QED) is 0.296. The Morgan fingerprint density at radius 3 is 2.28 bits per heavy atom. The molecular formula is C40H65NO9. The molecule has 14 atom stereocenters. The SMILES string of the molecule is CC(=O)O[C@@H](C1C[C@@H](C)[C@H]2C(O1)[C@H](O)[C@@]1(C)C3CC[C@H]4C(C)(C)C(O[C@H]5CN(C(C)(C)C(=O)O)CCO5)CC[C@@]45C[C@@]35CC[C@]21C)C(C)(C)O. The van der Waals surface area contributed by atoms with Crippen molar-refractivity contribution in [3.05, 3.63) is 0 Å². The zero-order valence-corrected chi connectivity index (χ0v) is 32.3. The highest BCUT2D eigenvalue weighted by Crippen LogP contribution is 2.89. The van der Waals surface area contributed by atoms with Crippen LogP contribution in [-0.2, 0) is 28.5 Å². The van der Waals surface area contributed by atoms with Crippen LogP contribution in [0.2, 0.25) is 0 Å². The lowest BCUT2D eigenvalue weighted by Gasteiger charge is -2.64. The van der Waals surface area contributed by atoms with Gasteiger partial charge in [-0.25, -0.2) is 0 Å². The van der Waals surface area contributed by atoms with Crippen LogP contribution in [0, 0.1) is 50.7 Å². The van der Waals surface area contributed by atoms with Crippen molar-refractivity contribution in [1.82, 2.24) is 4.90 Å². The number of carbonyl (C=O) groups is 2. The Labute approximate surface area is 299 Å². The molecule has 10 heteroatoms. The van der Waals surface area contributed by atoms with E-state index in [9.17, 15) is 24.9 Å². The van der Waals surface area contributed by atoms with Gasteiger partial charge in [0.1, 0.15) is 5.54 Å². The number of nitrogens with zero attached hydrogens (tertiary/aromatic N) is 1. The number of carboxylic acid groups (broad SMARTS) is 1. The number of aliphatic hydroxyl groups excluding tert-OH is 1. The summed E-state index contributed by atoms with van der Waals surface area (Å²) in [6.07, 6.45) is 5.65. The molecule has 0 aromatic heterocycles. The van der Waals surface area contributed by atoms with Crippen molar-refractivity contribution in [3.8, 4) is 0 Å². The lowest BCUT2D eigenvalue weighted by Crippen LogP contribution is -2.61. The average molecular weight is 704 g/mol. The zero-order chi connectivity index (χ0) is 36.6. The molecule has 50 heavy (non-hydrogen) atoms. The highest BCUT2D eigenvalue weighted by Gasteiger charge is 2.84. The van der Waals surface area contributed by atoms with E-state index in [1.807, 2.05) is 4.90 Å². The van der Waals surface area contributed by atoms with E-state index < -0.39 is 47.7 Å².